The molecule has 1 aliphatic rings. The van der Waals surface area contributed by atoms with Crippen LogP contribution in [0.4, 0.5) is 14.5 Å². The van der Waals surface area contributed by atoms with E-state index in [9.17, 15) is 8.78 Å². The van der Waals surface area contributed by atoms with Crippen molar-refractivity contribution in [3.05, 3.63) is 29.3 Å². The third kappa shape index (κ3) is 3.07. The molecule has 2 N–H and O–H groups in total. The highest BCUT2D eigenvalue weighted by atomic mass is 32.1. The summed E-state index contributed by atoms with van der Waals surface area (Å²) in [6.07, 6.45) is 1.98. The number of methoxy groups -OCH3 is 1. The largest absolute Gasteiger partial charge is 0.389 e. The van der Waals surface area contributed by atoms with Gasteiger partial charge in [-0.2, -0.15) is 0 Å². The van der Waals surface area contributed by atoms with Crippen LogP contribution in [0.15, 0.2) is 12.1 Å². The predicted octanol–water partition coefficient (Wildman–Crippen LogP) is 2.46. The van der Waals surface area contributed by atoms with Crippen molar-refractivity contribution in [1.29, 1.82) is 0 Å². The van der Waals surface area contributed by atoms with Crippen molar-refractivity contribution >= 4 is 22.9 Å². The van der Waals surface area contributed by atoms with Crippen LogP contribution in [0.2, 0.25) is 0 Å². The molecular weight excluding hydrogens is 282 g/mol. The number of ether oxygens (including phenoxy) is 1. The molecule has 1 fully saturated rings. The summed E-state index contributed by atoms with van der Waals surface area (Å²) in [6, 6.07) is 2.98. The van der Waals surface area contributed by atoms with Gasteiger partial charge in [0.25, 0.3) is 0 Å². The summed E-state index contributed by atoms with van der Waals surface area (Å²) in [4.78, 5) is 1.72. The minimum Gasteiger partial charge on any atom is -0.389 e. The van der Waals surface area contributed by atoms with Crippen LogP contribution in [-0.4, -0.2) is 31.8 Å². The van der Waals surface area contributed by atoms with E-state index in [0.717, 1.165) is 12.8 Å². The van der Waals surface area contributed by atoms with Gasteiger partial charge in [-0.1, -0.05) is 12.2 Å². The van der Waals surface area contributed by atoms with E-state index >= 15 is 0 Å². The van der Waals surface area contributed by atoms with E-state index in [2.05, 4.69) is 0 Å². The van der Waals surface area contributed by atoms with Crippen LogP contribution in [0.3, 0.4) is 0 Å². The van der Waals surface area contributed by atoms with Gasteiger partial charge in [-0.05, 0) is 30.9 Å². The Balaban J connectivity index is 2.24. The standard InChI is InChI=1S/C14H18F2N2OS/c1-19-8-9-3-2-6-18(7-9)11-5-4-10(14(17)20)12(15)13(11)16/h4-5,9H,2-3,6-8H2,1H3,(H2,17,20). The Morgan fingerprint density at radius 2 is 2.20 bits per heavy atom. The third-order valence-electron chi connectivity index (χ3n) is 3.59. The van der Waals surface area contributed by atoms with Crippen molar-refractivity contribution in [1.82, 2.24) is 0 Å². The molecule has 1 saturated heterocycles. The van der Waals surface area contributed by atoms with Gasteiger partial charge in [-0.15, -0.1) is 0 Å². The quantitative estimate of drug-likeness (QED) is 0.867. The highest BCUT2D eigenvalue weighted by Gasteiger charge is 2.24. The zero-order valence-electron chi connectivity index (χ0n) is 11.4. The number of nitrogens with zero attached hydrogens (tertiary/aromatic N) is 1. The lowest BCUT2D eigenvalue weighted by Crippen LogP contribution is -2.37. The van der Waals surface area contributed by atoms with Crippen molar-refractivity contribution in [3.8, 4) is 0 Å². The lowest BCUT2D eigenvalue weighted by atomic mass is 9.98. The maximum atomic E-state index is 14.2. The minimum atomic E-state index is -0.969. The molecule has 2 rings (SSSR count). The van der Waals surface area contributed by atoms with Crippen LogP contribution < -0.4 is 10.6 Å². The summed E-state index contributed by atoms with van der Waals surface area (Å²) in [5.41, 5.74) is 5.59. The maximum Gasteiger partial charge on any atom is 0.182 e. The molecule has 0 radical (unpaired) electrons. The van der Waals surface area contributed by atoms with Gasteiger partial charge < -0.3 is 15.4 Å². The molecule has 0 aliphatic carbocycles. The van der Waals surface area contributed by atoms with Gasteiger partial charge in [0.1, 0.15) is 4.99 Å². The van der Waals surface area contributed by atoms with Gasteiger partial charge in [-0.25, -0.2) is 8.78 Å². The average Bonchev–Trinajstić information content (AvgIpc) is 2.42. The molecule has 1 aromatic carbocycles. The van der Waals surface area contributed by atoms with Crippen LogP contribution in [0.1, 0.15) is 18.4 Å². The Morgan fingerprint density at radius 1 is 1.45 bits per heavy atom. The molecule has 1 aromatic rings. The normalized spacial score (nSPS) is 19.1. The van der Waals surface area contributed by atoms with Gasteiger partial charge in [0.05, 0.1) is 12.3 Å². The second-order valence-corrected chi connectivity index (χ2v) is 5.47. The number of anilines is 1. The first-order valence-corrected chi connectivity index (χ1v) is 6.97. The minimum absolute atomic E-state index is 0.0494. The summed E-state index contributed by atoms with van der Waals surface area (Å²) in [6.45, 7) is 2.01. The van der Waals surface area contributed by atoms with E-state index < -0.39 is 11.6 Å². The molecule has 0 bridgehead atoms. The molecule has 1 heterocycles. The van der Waals surface area contributed by atoms with E-state index in [4.69, 9.17) is 22.7 Å². The second-order valence-electron chi connectivity index (χ2n) is 5.03. The molecule has 0 aromatic heterocycles. The number of nitrogens with two attached hydrogens (primary N) is 1. The lowest BCUT2D eigenvalue weighted by Gasteiger charge is -2.34. The molecule has 1 aliphatic heterocycles. The molecule has 20 heavy (non-hydrogen) atoms. The van der Waals surface area contributed by atoms with Gasteiger partial charge >= 0.3 is 0 Å². The van der Waals surface area contributed by atoms with Crippen LogP contribution >= 0.6 is 12.2 Å². The molecule has 0 spiro atoms. The molecule has 3 nitrogen and oxygen atoms in total. The molecule has 1 atom stereocenters. The van der Waals surface area contributed by atoms with Gasteiger partial charge in [0.2, 0.25) is 0 Å². The Hall–Kier alpha value is -1.27. The first-order chi connectivity index (χ1) is 9.54. The molecule has 1 unspecified atom stereocenters. The molecular formula is C14H18F2N2OS. The fraction of sp³-hybridized carbons (Fsp3) is 0.500. The van der Waals surface area contributed by atoms with Crippen molar-refractivity contribution in [2.75, 3.05) is 31.7 Å². The lowest BCUT2D eigenvalue weighted by molar-refractivity contribution is 0.143. The van der Waals surface area contributed by atoms with E-state index in [1.165, 1.54) is 6.07 Å². The van der Waals surface area contributed by atoms with Gasteiger partial charge in [-0.3, -0.25) is 0 Å². The summed E-state index contributed by atoms with van der Waals surface area (Å²) in [7, 11) is 1.65. The second kappa shape index (κ2) is 6.45. The van der Waals surface area contributed by atoms with E-state index in [0.29, 0.717) is 25.6 Å². The Kier molecular flexibility index (Phi) is 4.88. The average molecular weight is 300 g/mol. The van der Waals surface area contributed by atoms with E-state index in [1.807, 2.05) is 4.90 Å². The number of hydrogen-bond acceptors (Lipinski definition) is 3. The van der Waals surface area contributed by atoms with Gasteiger partial charge in [0.15, 0.2) is 11.6 Å². The number of thiocarbonyl (C=S) groups is 1. The Morgan fingerprint density at radius 3 is 2.85 bits per heavy atom. The number of halogens is 2. The Bertz CT molecular complexity index is 508. The smallest absolute Gasteiger partial charge is 0.182 e. The van der Waals surface area contributed by atoms with Crippen molar-refractivity contribution in [2.45, 2.75) is 12.8 Å². The van der Waals surface area contributed by atoms with E-state index in [-0.39, 0.29) is 16.2 Å². The zero-order chi connectivity index (χ0) is 14.7. The van der Waals surface area contributed by atoms with Crippen LogP contribution in [-0.2, 0) is 4.74 Å². The van der Waals surface area contributed by atoms with Gasteiger partial charge in [0, 0.05) is 25.8 Å². The summed E-state index contributed by atoms with van der Waals surface area (Å²) in [5, 5.41) is 0. The first-order valence-electron chi connectivity index (χ1n) is 6.56. The topological polar surface area (TPSA) is 38.5 Å². The van der Waals surface area contributed by atoms with Crippen LogP contribution in [0, 0.1) is 17.6 Å². The summed E-state index contributed by atoms with van der Waals surface area (Å²) in [5.74, 6) is -1.51. The zero-order valence-corrected chi connectivity index (χ0v) is 12.2. The van der Waals surface area contributed by atoms with Crippen molar-refractivity contribution < 1.29 is 13.5 Å². The SMILES string of the molecule is COCC1CCCN(c2ccc(C(N)=S)c(F)c2F)C1. The number of benzene rings is 1. The molecule has 110 valence electrons. The summed E-state index contributed by atoms with van der Waals surface area (Å²) < 4.78 is 33.2. The fourth-order valence-corrected chi connectivity index (χ4v) is 2.79. The number of rotatable bonds is 4. The summed E-state index contributed by atoms with van der Waals surface area (Å²) >= 11 is 4.70. The maximum absolute atomic E-state index is 14.2. The van der Waals surface area contributed by atoms with Crippen molar-refractivity contribution in [2.24, 2.45) is 11.7 Å². The van der Waals surface area contributed by atoms with Crippen LogP contribution in [0.25, 0.3) is 0 Å². The first kappa shape index (κ1) is 15.1. The van der Waals surface area contributed by atoms with E-state index in [1.54, 1.807) is 13.2 Å². The third-order valence-corrected chi connectivity index (χ3v) is 3.81. The number of hydrogen-bond donors (Lipinski definition) is 1. The molecule has 6 heteroatoms. The van der Waals surface area contributed by atoms with Crippen LogP contribution in [0.5, 0.6) is 0 Å². The number of piperidine rings is 1. The Labute approximate surface area is 122 Å². The monoisotopic (exact) mass is 300 g/mol. The molecule has 0 amide bonds. The molecule has 0 saturated carbocycles. The van der Waals surface area contributed by atoms with Crippen molar-refractivity contribution in [3.63, 3.8) is 0 Å². The fourth-order valence-electron chi connectivity index (χ4n) is 2.63. The predicted molar refractivity (Wildman–Crippen MR) is 79.1 cm³/mol. The highest BCUT2D eigenvalue weighted by Crippen LogP contribution is 2.28. The highest BCUT2D eigenvalue weighted by molar-refractivity contribution is 7.80.